The molecule has 0 aliphatic carbocycles. The van der Waals surface area contributed by atoms with E-state index >= 15 is 0 Å². The fourth-order valence-electron chi connectivity index (χ4n) is 0.825. The maximum Gasteiger partial charge on any atom is 0.247 e. The van der Waals surface area contributed by atoms with Gasteiger partial charge in [0.25, 0.3) is 0 Å². The van der Waals surface area contributed by atoms with Crippen LogP contribution in [0.3, 0.4) is 0 Å². The van der Waals surface area contributed by atoms with Crippen molar-refractivity contribution in [2.75, 3.05) is 0 Å². The lowest BCUT2D eigenvalue weighted by Gasteiger charge is -1.82. The summed E-state index contributed by atoms with van der Waals surface area (Å²) in [7, 11) is 0. The van der Waals surface area contributed by atoms with E-state index in [1.807, 2.05) is 25.1 Å². The first kappa shape index (κ1) is 10.2. The van der Waals surface area contributed by atoms with Crippen LogP contribution in [0.25, 0.3) is 0 Å². The maximum absolute atomic E-state index is 10.2. The molecule has 0 aliphatic rings. The number of hydrogen-bond donors (Lipinski definition) is 1. The van der Waals surface area contributed by atoms with Gasteiger partial charge in [-0.15, -0.1) is 0 Å². The summed E-state index contributed by atoms with van der Waals surface area (Å²) < 4.78 is 0. The van der Waals surface area contributed by atoms with Crippen LogP contribution in [-0.4, -0.2) is 9.97 Å². The van der Waals surface area contributed by atoms with Crippen LogP contribution < -0.4 is 5.56 Å². The van der Waals surface area contributed by atoms with Crippen LogP contribution in [0.1, 0.15) is 5.69 Å². The first-order valence-corrected chi connectivity index (χ1v) is 4.30. The Balaban J connectivity index is 0.000000140. The van der Waals surface area contributed by atoms with E-state index in [4.69, 9.17) is 0 Å². The summed E-state index contributed by atoms with van der Waals surface area (Å²) in [6.45, 7) is 1.97. The molecular weight excluding hydrogens is 176 g/mol. The monoisotopic (exact) mass is 188 g/mol. The molecule has 0 aromatic carbocycles. The molecule has 2 aromatic heterocycles. The van der Waals surface area contributed by atoms with Gasteiger partial charge in [0.1, 0.15) is 0 Å². The number of nitrogens with one attached hydrogen (secondary N) is 1. The molecule has 0 amide bonds. The van der Waals surface area contributed by atoms with E-state index in [1.54, 1.807) is 24.5 Å². The molecule has 0 aliphatic heterocycles. The van der Waals surface area contributed by atoms with E-state index in [1.165, 1.54) is 6.07 Å². The van der Waals surface area contributed by atoms with Crippen LogP contribution in [0.5, 0.6) is 0 Å². The summed E-state index contributed by atoms with van der Waals surface area (Å²) >= 11 is 0. The zero-order valence-corrected chi connectivity index (χ0v) is 7.97. The second-order valence-corrected chi connectivity index (χ2v) is 2.70. The molecule has 3 heteroatoms. The van der Waals surface area contributed by atoms with E-state index < -0.39 is 0 Å². The van der Waals surface area contributed by atoms with Gasteiger partial charge in [0.05, 0.1) is 0 Å². The number of hydrogen-bond acceptors (Lipinski definition) is 2. The Kier molecular flexibility index (Phi) is 4.14. The molecule has 0 spiro atoms. The second-order valence-electron chi connectivity index (χ2n) is 2.70. The molecular formula is C11H12N2O. The number of aryl methyl sites for hydroxylation is 1. The van der Waals surface area contributed by atoms with Gasteiger partial charge in [0.15, 0.2) is 0 Å². The van der Waals surface area contributed by atoms with Gasteiger partial charge < -0.3 is 4.98 Å². The lowest BCUT2D eigenvalue weighted by molar-refractivity contribution is 1.20. The smallest absolute Gasteiger partial charge is 0.247 e. The quantitative estimate of drug-likeness (QED) is 0.684. The van der Waals surface area contributed by atoms with Gasteiger partial charge >= 0.3 is 0 Å². The van der Waals surface area contributed by atoms with E-state index in [9.17, 15) is 4.79 Å². The van der Waals surface area contributed by atoms with Crippen molar-refractivity contribution < 1.29 is 0 Å². The Morgan fingerprint density at radius 2 is 1.93 bits per heavy atom. The Bertz CT molecular complexity index is 391. The molecule has 0 saturated heterocycles. The fraction of sp³-hybridized carbons (Fsp3) is 0.0909. The third-order valence-corrected chi connectivity index (χ3v) is 1.49. The Hall–Kier alpha value is -1.90. The SMILES string of the molecule is Cc1ccccn1.O=c1cccc[nH]1. The maximum atomic E-state index is 10.2. The Labute approximate surface area is 82.5 Å². The summed E-state index contributed by atoms with van der Waals surface area (Å²) in [5.74, 6) is 0. The topological polar surface area (TPSA) is 45.8 Å². The lowest BCUT2D eigenvalue weighted by atomic mass is 10.4. The zero-order valence-electron chi connectivity index (χ0n) is 7.97. The minimum absolute atomic E-state index is 0.0532. The normalized spacial score (nSPS) is 8.64. The van der Waals surface area contributed by atoms with Gasteiger partial charge in [0.2, 0.25) is 5.56 Å². The molecule has 2 rings (SSSR count). The molecule has 2 heterocycles. The fourth-order valence-corrected chi connectivity index (χ4v) is 0.825. The van der Waals surface area contributed by atoms with Crippen LogP contribution >= 0.6 is 0 Å². The molecule has 0 fully saturated rings. The van der Waals surface area contributed by atoms with E-state index in [0.29, 0.717) is 0 Å². The molecule has 1 N–H and O–H groups in total. The van der Waals surface area contributed by atoms with Crippen molar-refractivity contribution in [1.82, 2.24) is 9.97 Å². The Morgan fingerprint density at radius 1 is 1.14 bits per heavy atom. The number of nitrogens with zero attached hydrogens (tertiary/aromatic N) is 1. The number of rotatable bonds is 0. The van der Waals surface area contributed by atoms with Crippen LogP contribution in [-0.2, 0) is 0 Å². The first-order chi connectivity index (χ1) is 6.79. The predicted molar refractivity (Wildman–Crippen MR) is 56.0 cm³/mol. The number of aromatic amines is 1. The minimum atomic E-state index is -0.0532. The van der Waals surface area contributed by atoms with Crippen molar-refractivity contribution >= 4 is 0 Å². The van der Waals surface area contributed by atoms with Gasteiger partial charge in [-0.2, -0.15) is 0 Å². The molecule has 3 nitrogen and oxygen atoms in total. The van der Waals surface area contributed by atoms with Gasteiger partial charge in [-0.05, 0) is 25.1 Å². The van der Waals surface area contributed by atoms with Crippen molar-refractivity contribution in [3.05, 3.63) is 64.8 Å². The molecule has 0 bridgehead atoms. The van der Waals surface area contributed by atoms with Crippen LogP contribution in [0.15, 0.2) is 53.6 Å². The van der Waals surface area contributed by atoms with Gasteiger partial charge in [-0.1, -0.05) is 12.1 Å². The first-order valence-electron chi connectivity index (χ1n) is 4.30. The lowest BCUT2D eigenvalue weighted by Crippen LogP contribution is -1.98. The number of pyridine rings is 2. The largest absolute Gasteiger partial charge is 0.329 e. The third-order valence-electron chi connectivity index (χ3n) is 1.49. The molecule has 72 valence electrons. The predicted octanol–water partition coefficient (Wildman–Crippen LogP) is 1.76. The third kappa shape index (κ3) is 4.21. The van der Waals surface area contributed by atoms with Crippen molar-refractivity contribution in [2.24, 2.45) is 0 Å². The van der Waals surface area contributed by atoms with Gasteiger partial charge in [-0.3, -0.25) is 9.78 Å². The summed E-state index contributed by atoms with van der Waals surface area (Å²) in [6, 6.07) is 10.8. The number of H-pyrrole nitrogens is 1. The minimum Gasteiger partial charge on any atom is -0.329 e. The molecule has 2 aromatic rings. The molecule has 0 radical (unpaired) electrons. The van der Waals surface area contributed by atoms with Gasteiger partial charge in [-0.25, -0.2) is 0 Å². The summed E-state index contributed by atoms with van der Waals surface area (Å²) in [5, 5.41) is 0. The van der Waals surface area contributed by atoms with E-state index in [-0.39, 0.29) is 5.56 Å². The highest BCUT2D eigenvalue weighted by molar-refractivity contribution is 4.99. The van der Waals surface area contributed by atoms with Crippen LogP contribution in [0.2, 0.25) is 0 Å². The van der Waals surface area contributed by atoms with Gasteiger partial charge in [0, 0.05) is 24.2 Å². The standard InChI is InChI=1S/C6H7N.C5H5NO/c1-6-4-2-3-5-7-6;7-5-3-1-2-4-6-5/h2-5H,1H3;1-4H,(H,6,7). The second kappa shape index (κ2) is 5.70. The molecule has 0 saturated carbocycles. The Morgan fingerprint density at radius 3 is 2.21 bits per heavy atom. The highest BCUT2D eigenvalue weighted by Gasteiger charge is 1.73. The van der Waals surface area contributed by atoms with E-state index in [0.717, 1.165) is 5.69 Å². The van der Waals surface area contributed by atoms with Crippen LogP contribution in [0, 0.1) is 6.92 Å². The van der Waals surface area contributed by atoms with Crippen molar-refractivity contribution in [3.8, 4) is 0 Å². The van der Waals surface area contributed by atoms with E-state index in [2.05, 4.69) is 9.97 Å². The highest BCUT2D eigenvalue weighted by Crippen LogP contribution is 1.86. The zero-order chi connectivity index (χ0) is 10.2. The molecule has 0 unspecified atom stereocenters. The van der Waals surface area contributed by atoms with Crippen LogP contribution in [0.4, 0.5) is 0 Å². The summed E-state index contributed by atoms with van der Waals surface area (Å²) in [5.41, 5.74) is 1.02. The molecule has 0 atom stereocenters. The highest BCUT2D eigenvalue weighted by atomic mass is 16.1. The number of aromatic nitrogens is 2. The van der Waals surface area contributed by atoms with Crippen molar-refractivity contribution in [3.63, 3.8) is 0 Å². The summed E-state index contributed by atoms with van der Waals surface area (Å²) in [4.78, 5) is 16.7. The average molecular weight is 188 g/mol. The van der Waals surface area contributed by atoms with Crippen molar-refractivity contribution in [1.29, 1.82) is 0 Å². The molecule has 14 heavy (non-hydrogen) atoms. The average Bonchev–Trinajstić information content (AvgIpc) is 2.21. The summed E-state index contributed by atoms with van der Waals surface area (Å²) in [6.07, 6.45) is 3.39. The van der Waals surface area contributed by atoms with Crippen molar-refractivity contribution in [2.45, 2.75) is 6.92 Å².